The number of hydrogen-bond donors (Lipinski definition) is 0. The van der Waals surface area contributed by atoms with Gasteiger partial charge in [0.05, 0.1) is 12.2 Å². The van der Waals surface area contributed by atoms with Crippen LogP contribution in [0, 0.1) is 12.3 Å². The maximum Gasteiger partial charge on any atom is 0.255 e. The highest BCUT2D eigenvalue weighted by Gasteiger charge is 2.45. The Bertz CT molecular complexity index is 624. The molecule has 3 rings (SSSR count). The fourth-order valence-corrected chi connectivity index (χ4v) is 3.76. The summed E-state index contributed by atoms with van der Waals surface area (Å²) in [7, 11) is 1.65. The summed E-state index contributed by atoms with van der Waals surface area (Å²) in [5.74, 6) is 0.269. The molecule has 1 aromatic heterocycles. The number of piperidine rings is 1. The number of methoxy groups -OCH3 is 1. The summed E-state index contributed by atoms with van der Waals surface area (Å²) in [5.41, 5.74) is 1.67. The van der Waals surface area contributed by atoms with Crippen LogP contribution in [0.4, 0.5) is 0 Å². The van der Waals surface area contributed by atoms with Gasteiger partial charge in [0.2, 0.25) is 5.91 Å². The average molecular weight is 331 g/mol. The van der Waals surface area contributed by atoms with Crippen molar-refractivity contribution in [2.45, 2.75) is 26.2 Å². The van der Waals surface area contributed by atoms with Crippen LogP contribution in [0.25, 0.3) is 0 Å². The van der Waals surface area contributed by atoms with Crippen LogP contribution >= 0.6 is 0 Å². The molecule has 6 nitrogen and oxygen atoms in total. The van der Waals surface area contributed by atoms with Crippen molar-refractivity contribution >= 4 is 11.8 Å². The lowest BCUT2D eigenvalue weighted by molar-refractivity contribution is -0.128. The van der Waals surface area contributed by atoms with Gasteiger partial charge in [0.25, 0.3) is 5.91 Å². The number of amides is 2. The maximum atomic E-state index is 12.7. The molecule has 0 bridgehead atoms. The number of ether oxygens (including phenoxy) is 1. The Morgan fingerprint density at radius 1 is 1.38 bits per heavy atom. The summed E-state index contributed by atoms with van der Waals surface area (Å²) < 4.78 is 5.08. The molecule has 2 amide bonds. The molecule has 3 heterocycles. The number of pyridine rings is 1. The van der Waals surface area contributed by atoms with Crippen molar-refractivity contribution in [1.82, 2.24) is 14.8 Å². The van der Waals surface area contributed by atoms with Crippen molar-refractivity contribution in [3.05, 3.63) is 29.6 Å². The third-order valence-corrected chi connectivity index (χ3v) is 5.35. The van der Waals surface area contributed by atoms with Gasteiger partial charge in [-0.1, -0.05) is 0 Å². The van der Waals surface area contributed by atoms with Crippen LogP contribution in [0.15, 0.2) is 18.5 Å². The minimum atomic E-state index is 0.0333. The highest BCUT2D eigenvalue weighted by molar-refractivity contribution is 5.95. The number of aromatic nitrogens is 1. The number of aryl methyl sites for hydroxylation is 1. The van der Waals surface area contributed by atoms with Crippen LogP contribution in [0.3, 0.4) is 0 Å². The normalized spacial score (nSPS) is 20.0. The summed E-state index contributed by atoms with van der Waals surface area (Å²) in [5, 5.41) is 0. The molecule has 0 aromatic carbocycles. The van der Waals surface area contributed by atoms with Crippen LogP contribution in [-0.4, -0.2) is 66.5 Å². The molecule has 1 spiro atoms. The zero-order valence-electron chi connectivity index (χ0n) is 14.5. The minimum absolute atomic E-state index is 0.0333. The third-order valence-electron chi connectivity index (χ3n) is 5.35. The quantitative estimate of drug-likeness (QED) is 0.839. The van der Waals surface area contributed by atoms with Crippen LogP contribution in [-0.2, 0) is 9.53 Å². The number of rotatable bonds is 4. The van der Waals surface area contributed by atoms with Gasteiger partial charge in [-0.3, -0.25) is 14.6 Å². The van der Waals surface area contributed by atoms with Gasteiger partial charge >= 0.3 is 0 Å². The molecule has 2 aliphatic heterocycles. The number of likely N-dealkylation sites (tertiary alicyclic amines) is 2. The molecule has 2 aliphatic rings. The van der Waals surface area contributed by atoms with E-state index in [1.165, 1.54) is 0 Å². The fourth-order valence-electron chi connectivity index (χ4n) is 3.76. The number of carbonyl (C=O) groups is 2. The smallest absolute Gasteiger partial charge is 0.255 e. The van der Waals surface area contributed by atoms with E-state index in [1.807, 2.05) is 22.8 Å². The number of nitrogens with zero attached hydrogens (tertiary/aromatic N) is 3. The Labute approximate surface area is 142 Å². The van der Waals surface area contributed by atoms with Gasteiger partial charge in [-0.2, -0.15) is 0 Å². The van der Waals surface area contributed by atoms with Crippen LogP contribution in [0.1, 0.15) is 35.2 Å². The van der Waals surface area contributed by atoms with E-state index in [4.69, 9.17) is 4.74 Å². The highest BCUT2D eigenvalue weighted by atomic mass is 16.5. The Kier molecular flexibility index (Phi) is 4.85. The zero-order valence-corrected chi connectivity index (χ0v) is 14.5. The molecule has 0 atom stereocenters. The SMILES string of the molecule is COCCN1CC2(CCN(C(=O)c3cnccc3C)CC2)CC1=O. The summed E-state index contributed by atoms with van der Waals surface area (Å²) >= 11 is 0. The first-order chi connectivity index (χ1) is 11.5. The zero-order chi connectivity index (χ0) is 17.2. The number of carbonyl (C=O) groups excluding carboxylic acids is 2. The Balaban J connectivity index is 1.61. The first-order valence-electron chi connectivity index (χ1n) is 8.51. The van der Waals surface area contributed by atoms with Crippen molar-refractivity contribution in [2.75, 3.05) is 39.9 Å². The molecule has 0 N–H and O–H groups in total. The van der Waals surface area contributed by atoms with Crippen molar-refractivity contribution in [3.63, 3.8) is 0 Å². The summed E-state index contributed by atoms with van der Waals surface area (Å²) in [4.78, 5) is 32.8. The van der Waals surface area contributed by atoms with Gasteiger partial charge in [-0.25, -0.2) is 0 Å². The monoisotopic (exact) mass is 331 g/mol. The molecular weight excluding hydrogens is 306 g/mol. The van der Waals surface area contributed by atoms with Gasteiger partial charge in [-0.05, 0) is 31.4 Å². The second kappa shape index (κ2) is 6.89. The van der Waals surface area contributed by atoms with E-state index in [0.717, 1.165) is 24.9 Å². The van der Waals surface area contributed by atoms with Crippen molar-refractivity contribution in [1.29, 1.82) is 0 Å². The third kappa shape index (κ3) is 3.29. The summed E-state index contributed by atoms with van der Waals surface area (Å²) in [6.07, 6.45) is 5.72. The fraction of sp³-hybridized carbons (Fsp3) is 0.611. The van der Waals surface area contributed by atoms with E-state index in [1.54, 1.807) is 19.5 Å². The van der Waals surface area contributed by atoms with E-state index in [0.29, 0.717) is 38.2 Å². The number of hydrogen-bond acceptors (Lipinski definition) is 4. The van der Waals surface area contributed by atoms with E-state index >= 15 is 0 Å². The first kappa shape index (κ1) is 16.9. The molecule has 1 aromatic rings. The van der Waals surface area contributed by atoms with E-state index < -0.39 is 0 Å². The second-order valence-electron chi connectivity index (χ2n) is 6.97. The standard InChI is InChI=1S/C18H25N3O3/c1-14-3-6-19-12-15(14)17(23)20-7-4-18(5-8-20)11-16(22)21(13-18)9-10-24-2/h3,6,12H,4-5,7-11,13H2,1-2H3. The molecule has 6 heteroatoms. The molecular formula is C18H25N3O3. The van der Waals surface area contributed by atoms with Crippen molar-refractivity contribution in [2.24, 2.45) is 5.41 Å². The second-order valence-corrected chi connectivity index (χ2v) is 6.97. The molecule has 0 unspecified atom stereocenters. The lowest BCUT2D eigenvalue weighted by atomic mass is 9.77. The van der Waals surface area contributed by atoms with Crippen molar-refractivity contribution < 1.29 is 14.3 Å². The molecule has 130 valence electrons. The molecule has 24 heavy (non-hydrogen) atoms. The lowest BCUT2D eigenvalue weighted by Gasteiger charge is -2.39. The molecule has 2 saturated heterocycles. The predicted molar refractivity (Wildman–Crippen MR) is 89.6 cm³/mol. The summed E-state index contributed by atoms with van der Waals surface area (Å²) in [6.45, 7) is 5.38. The van der Waals surface area contributed by atoms with Crippen LogP contribution in [0.2, 0.25) is 0 Å². The molecule has 2 fully saturated rings. The molecule has 0 radical (unpaired) electrons. The van der Waals surface area contributed by atoms with Crippen LogP contribution in [0.5, 0.6) is 0 Å². The maximum absolute atomic E-state index is 12.7. The largest absolute Gasteiger partial charge is 0.383 e. The Morgan fingerprint density at radius 2 is 2.12 bits per heavy atom. The molecule has 0 aliphatic carbocycles. The summed E-state index contributed by atoms with van der Waals surface area (Å²) in [6, 6.07) is 1.86. The predicted octanol–water partition coefficient (Wildman–Crippen LogP) is 1.49. The minimum Gasteiger partial charge on any atom is -0.383 e. The van der Waals surface area contributed by atoms with Gasteiger partial charge < -0.3 is 14.5 Å². The van der Waals surface area contributed by atoms with E-state index in [-0.39, 0.29) is 17.2 Å². The molecule has 0 saturated carbocycles. The lowest BCUT2D eigenvalue weighted by Crippen LogP contribution is -2.44. The van der Waals surface area contributed by atoms with E-state index in [9.17, 15) is 9.59 Å². The van der Waals surface area contributed by atoms with Gasteiger partial charge in [0.15, 0.2) is 0 Å². The first-order valence-corrected chi connectivity index (χ1v) is 8.51. The Hall–Kier alpha value is -1.95. The van der Waals surface area contributed by atoms with Gasteiger partial charge in [0.1, 0.15) is 0 Å². The van der Waals surface area contributed by atoms with Crippen molar-refractivity contribution in [3.8, 4) is 0 Å². The topological polar surface area (TPSA) is 62.7 Å². The Morgan fingerprint density at radius 3 is 2.79 bits per heavy atom. The van der Waals surface area contributed by atoms with Gasteiger partial charge in [-0.15, -0.1) is 0 Å². The van der Waals surface area contributed by atoms with E-state index in [2.05, 4.69) is 4.98 Å². The average Bonchev–Trinajstić information content (AvgIpc) is 2.89. The van der Waals surface area contributed by atoms with Gasteiger partial charge in [0, 0.05) is 57.5 Å². The van der Waals surface area contributed by atoms with Crippen LogP contribution < -0.4 is 0 Å². The highest BCUT2D eigenvalue weighted by Crippen LogP contribution is 2.41.